The molecule has 9 heavy (non-hydrogen) atoms. The topological polar surface area (TPSA) is 12.9 Å². The predicted molar refractivity (Wildman–Crippen MR) is 41.4 cm³/mol. The van der Waals surface area contributed by atoms with Crippen molar-refractivity contribution in [3.63, 3.8) is 0 Å². The van der Waals surface area contributed by atoms with Crippen LogP contribution in [0.5, 0.6) is 0 Å². The first-order valence-electron chi connectivity index (χ1n) is 3.02. The van der Waals surface area contributed by atoms with Crippen LogP contribution in [0.2, 0.25) is 13.1 Å². The second-order valence-corrected chi connectivity index (χ2v) is 4.73. The first-order valence-corrected chi connectivity index (χ1v) is 5.52. The zero-order chi connectivity index (χ0) is 6.69. The first kappa shape index (κ1) is 6.49. The zero-order valence-electron chi connectivity index (χ0n) is 5.76. The van der Waals surface area contributed by atoms with Gasteiger partial charge in [0.25, 0.3) is 0 Å². The summed E-state index contributed by atoms with van der Waals surface area (Å²) in [6, 6.07) is 6.09. The molecule has 1 aromatic rings. The lowest BCUT2D eigenvalue weighted by Crippen LogP contribution is -2.25. The maximum atomic E-state index is 4.22. The molecule has 0 amide bonds. The van der Waals surface area contributed by atoms with E-state index in [1.807, 2.05) is 18.3 Å². The van der Waals surface area contributed by atoms with Gasteiger partial charge in [0, 0.05) is 11.5 Å². The van der Waals surface area contributed by atoms with E-state index in [0.717, 1.165) is 0 Å². The van der Waals surface area contributed by atoms with Crippen LogP contribution in [0.25, 0.3) is 0 Å². The number of nitrogens with zero attached hydrogens (tertiary/aromatic N) is 1. The number of pyridine rings is 1. The fraction of sp³-hybridized carbons (Fsp3) is 0.286. The Balaban J connectivity index is 2.85. The summed E-state index contributed by atoms with van der Waals surface area (Å²) in [5.74, 6) is 0. The maximum absolute atomic E-state index is 4.22. The van der Waals surface area contributed by atoms with Crippen molar-refractivity contribution in [2.45, 2.75) is 13.1 Å². The van der Waals surface area contributed by atoms with Gasteiger partial charge in [0.1, 0.15) is 8.80 Å². The molecule has 0 unspecified atom stereocenters. The fourth-order valence-corrected chi connectivity index (χ4v) is 1.42. The maximum Gasteiger partial charge on any atom is 0.104 e. The SMILES string of the molecule is C[Si](C)c1ccccn1. The van der Waals surface area contributed by atoms with Crippen LogP contribution < -0.4 is 5.32 Å². The zero-order valence-corrected chi connectivity index (χ0v) is 6.76. The van der Waals surface area contributed by atoms with Crippen LogP contribution in [0.1, 0.15) is 0 Å². The van der Waals surface area contributed by atoms with E-state index in [-0.39, 0.29) is 8.80 Å². The van der Waals surface area contributed by atoms with Crippen LogP contribution in [0.4, 0.5) is 0 Å². The van der Waals surface area contributed by atoms with Gasteiger partial charge in [-0.15, -0.1) is 0 Å². The Morgan fingerprint density at radius 1 is 1.33 bits per heavy atom. The molecular formula is C7H10NSi. The monoisotopic (exact) mass is 136 g/mol. The average Bonchev–Trinajstić information content (AvgIpc) is 1.90. The van der Waals surface area contributed by atoms with E-state index in [1.54, 1.807) is 0 Å². The molecule has 2 heteroatoms. The highest BCUT2D eigenvalue weighted by Gasteiger charge is 1.98. The van der Waals surface area contributed by atoms with Crippen LogP contribution in [-0.4, -0.2) is 13.8 Å². The highest BCUT2D eigenvalue weighted by molar-refractivity contribution is 6.69. The molecule has 0 saturated heterocycles. The second kappa shape index (κ2) is 2.78. The molecule has 0 spiro atoms. The van der Waals surface area contributed by atoms with Crippen molar-refractivity contribution in [3.05, 3.63) is 24.4 Å². The third kappa shape index (κ3) is 1.64. The summed E-state index contributed by atoms with van der Waals surface area (Å²) < 4.78 is 0. The highest BCUT2D eigenvalue weighted by Crippen LogP contribution is 1.81. The molecule has 0 aliphatic carbocycles. The molecule has 47 valence electrons. The van der Waals surface area contributed by atoms with Crippen LogP contribution >= 0.6 is 0 Å². The summed E-state index contributed by atoms with van der Waals surface area (Å²) in [6.45, 7) is 4.49. The van der Waals surface area contributed by atoms with Crippen molar-refractivity contribution in [1.29, 1.82) is 0 Å². The molecule has 0 aliphatic heterocycles. The van der Waals surface area contributed by atoms with Crippen molar-refractivity contribution in [1.82, 2.24) is 4.98 Å². The standard InChI is InChI=1S/C7H10NSi/c1-9(2)7-5-3-4-6-8-7/h3-6H,1-2H3. The molecule has 1 nitrogen and oxygen atoms in total. The fourth-order valence-electron chi connectivity index (χ4n) is 0.659. The summed E-state index contributed by atoms with van der Waals surface area (Å²) in [7, 11) is -0.323. The van der Waals surface area contributed by atoms with Crippen molar-refractivity contribution in [2.75, 3.05) is 0 Å². The largest absolute Gasteiger partial charge is 0.266 e. The summed E-state index contributed by atoms with van der Waals surface area (Å²) >= 11 is 0. The van der Waals surface area contributed by atoms with Gasteiger partial charge in [0.2, 0.25) is 0 Å². The predicted octanol–water partition coefficient (Wildman–Crippen LogP) is 1.04. The van der Waals surface area contributed by atoms with Gasteiger partial charge in [0.05, 0.1) is 0 Å². The quantitative estimate of drug-likeness (QED) is 0.526. The van der Waals surface area contributed by atoms with Gasteiger partial charge in [-0.25, -0.2) is 0 Å². The highest BCUT2D eigenvalue weighted by atomic mass is 28.3. The van der Waals surface area contributed by atoms with Crippen LogP contribution in [0, 0.1) is 0 Å². The third-order valence-corrected chi connectivity index (χ3v) is 2.50. The van der Waals surface area contributed by atoms with E-state index in [2.05, 4.69) is 24.1 Å². The minimum atomic E-state index is -0.323. The van der Waals surface area contributed by atoms with Crippen molar-refractivity contribution in [2.24, 2.45) is 0 Å². The molecule has 1 rings (SSSR count). The number of hydrogen-bond donors (Lipinski definition) is 0. The number of hydrogen-bond acceptors (Lipinski definition) is 1. The van der Waals surface area contributed by atoms with Crippen LogP contribution in [0.3, 0.4) is 0 Å². The average molecular weight is 136 g/mol. The molecule has 1 radical (unpaired) electrons. The summed E-state index contributed by atoms with van der Waals surface area (Å²) in [6.07, 6.45) is 1.85. The van der Waals surface area contributed by atoms with E-state index in [4.69, 9.17) is 0 Å². The van der Waals surface area contributed by atoms with Gasteiger partial charge < -0.3 is 0 Å². The molecule has 0 aromatic carbocycles. The van der Waals surface area contributed by atoms with E-state index >= 15 is 0 Å². The summed E-state index contributed by atoms with van der Waals surface area (Å²) in [4.78, 5) is 4.22. The van der Waals surface area contributed by atoms with Gasteiger partial charge in [-0.3, -0.25) is 4.98 Å². The lowest BCUT2D eigenvalue weighted by atomic mass is 10.5. The Morgan fingerprint density at radius 3 is 2.44 bits per heavy atom. The summed E-state index contributed by atoms with van der Waals surface area (Å²) in [5, 5.41) is 1.27. The van der Waals surface area contributed by atoms with E-state index in [9.17, 15) is 0 Å². The van der Waals surface area contributed by atoms with E-state index < -0.39 is 0 Å². The van der Waals surface area contributed by atoms with Gasteiger partial charge in [-0.05, 0) is 12.1 Å². The molecule has 0 aliphatic rings. The smallest absolute Gasteiger partial charge is 0.104 e. The molecule has 0 N–H and O–H groups in total. The molecule has 0 fully saturated rings. The molecule has 0 atom stereocenters. The minimum Gasteiger partial charge on any atom is -0.266 e. The molecular weight excluding hydrogens is 126 g/mol. The third-order valence-electron chi connectivity index (χ3n) is 1.18. The Morgan fingerprint density at radius 2 is 2.11 bits per heavy atom. The Bertz CT molecular complexity index is 172. The molecule has 1 heterocycles. The lowest BCUT2D eigenvalue weighted by Gasteiger charge is -1.98. The first-order chi connectivity index (χ1) is 4.30. The van der Waals surface area contributed by atoms with Crippen LogP contribution in [0.15, 0.2) is 24.4 Å². The Labute approximate surface area is 57.4 Å². The van der Waals surface area contributed by atoms with Crippen molar-refractivity contribution in [3.8, 4) is 0 Å². The Hall–Kier alpha value is -0.633. The summed E-state index contributed by atoms with van der Waals surface area (Å²) in [5.41, 5.74) is 0. The molecule has 1 aromatic heterocycles. The normalized spacial score (nSPS) is 10.1. The van der Waals surface area contributed by atoms with E-state index in [0.29, 0.717) is 0 Å². The second-order valence-electron chi connectivity index (χ2n) is 2.21. The van der Waals surface area contributed by atoms with Crippen LogP contribution in [-0.2, 0) is 0 Å². The molecule has 0 saturated carbocycles. The van der Waals surface area contributed by atoms with Gasteiger partial charge in [0.15, 0.2) is 0 Å². The lowest BCUT2D eigenvalue weighted by molar-refractivity contribution is 1.38. The van der Waals surface area contributed by atoms with Gasteiger partial charge >= 0.3 is 0 Å². The number of rotatable bonds is 1. The van der Waals surface area contributed by atoms with E-state index in [1.165, 1.54) is 5.32 Å². The Kier molecular flexibility index (Phi) is 2.00. The molecule has 0 bridgehead atoms. The van der Waals surface area contributed by atoms with Gasteiger partial charge in [-0.1, -0.05) is 19.2 Å². The number of aromatic nitrogens is 1. The van der Waals surface area contributed by atoms with Crippen molar-refractivity contribution >= 4 is 14.1 Å². The van der Waals surface area contributed by atoms with Crippen molar-refractivity contribution < 1.29 is 0 Å². The van der Waals surface area contributed by atoms with Gasteiger partial charge in [-0.2, -0.15) is 0 Å². The minimum absolute atomic E-state index is 0.323.